The average Bonchev–Trinajstić information content (AvgIpc) is 3.06. The number of piperidine rings is 1. The van der Waals surface area contributed by atoms with E-state index in [9.17, 15) is 24.6 Å². The zero-order valence-electron chi connectivity index (χ0n) is 27.9. The second kappa shape index (κ2) is 17.8. The van der Waals surface area contributed by atoms with Crippen molar-refractivity contribution in [2.24, 2.45) is 23.7 Å². The van der Waals surface area contributed by atoms with Crippen LogP contribution in [0.1, 0.15) is 91.0 Å². The lowest BCUT2D eigenvalue weighted by Gasteiger charge is -2.39. The molecule has 2 heterocycles. The fourth-order valence-corrected chi connectivity index (χ4v) is 6.60. The van der Waals surface area contributed by atoms with Crippen LogP contribution in [-0.2, 0) is 30.3 Å². The van der Waals surface area contributed by atoms with Crippen molar-refractivity contribution in [1.29, 1.82) is 0 Å². The molecule has 1 fully saturated rings. The number of benzene rings is 1. The highest BCUT2D eigenvalue weighted by molar-refractivity contribution is 6.09. The molecule has 45 heavy (non-hydrogen) atoms. The molecule has 8 atom stereocenters. The second-order valence-electron chi connectivity index (χ2n) is 13.1. The van der Waals surface area contributed by atoms with E-state index in [0.717, 1.165) is 25.5 Å². The summed E-state index contributed by atoms with van der Waals surface area (Å²) in [5, 5.41) is 22.3. The number of hydrogen-bond acceptors (Lipinski definition) is 7. The maximum atomic E-state index is 13.9. The van der Waals surface area contributed by atoms with E-state index in [1.165, 1.54) is 4.90 Å². The molecule has 0 bridgehead atoms. The van der Waals surface area contributed by atoms with Crippen molar-refractivity contribution < 1.29 is 34.1 Å². The van der Waals surface area contributed by atoms with E-state index >= 15 is 0 Å². The lowest BCUT2D eigenvalue weighted by Crippen LogP contribution is -2.61. The van der Waals surface area contributed by atoms with Crippen LogP contribution in [0.15, 0.2) is 54.6 Å². The summed E-state index contributed by atoms with van der Waals surface area (Å²) in [6.45, 7) is 8.02. The molecule has 250 valence electrons. The van der Waals surface area contributed by atoms with Gasteiger partial charge in [-0.05, 0) is 81.3 Å². The molecule has 0 aromatic heterocycles. The number of allylic oxidation sites excluding steroid dienone is 3. The summed E-state index contributed by atoms with van der Waals surface area (Å²) in [6.07, 6.45) is 13.5. The van der Waals surface area contributed by atoms with Gasteiger partial charge in [0.1, 0.15) is 12.1 Å². The first kappa shape index (κ1) is 36.7. The van der Waals surface area contributed by atoms with E-state index in [-0.39, 0.29) is 24.3 Å². The van der Waals surface area contributed by atoms with Gasteiger partial charge in [0.2, 0.25) is 5.78 Å². The normalized spacial score (nSPS) is 33.8. The Morgan fingerprint density at radius 1 is 0.978 bits per heavy atom. The number of cyclic esters (lactones) is 1. The molecule has 0 spiro atoms. The standard InChI is InChI=1S/C37H55NO7/c1-6-30(25-29-20-11-9-12-21-29)32-23-13-8-7-10-17-26(2)33(39)27(3)18-16-19-28(4)34(40)37(43,44-5)36(42)38-24-15-14-22-31(38)35(41)45-32/h7,9-13,20-21,23,26-28,30-33,39,43H,6,8,14-19,22,24-25H2,1-5H3/b10-7+,23-13+/t26-,27+,28-,30-,31+,32+,33+,37?/m1/s1. The van der Waals surface area contributed by atoms with Gasteiger partial charge < -0.3 is 24.6 Å². The lowest BCUT2D eigenvalue weighted by molar-refractivity contribution is -0.213. The maximum absolute atomic E-state index is 13.9. The van der Waals surface area contributed by atoms with Crippen LogP contribution in [0.25, 0.3) is 0 Å². The van der Waals surface area contributed by atoms with E-state index in [4.69, 9.17) is 9.47 Å². The third-order valence-electron chi connectivity index (χ3n) is 9.72. The van der Waals surface area contributed by atoms with E-state index < -0.39 is 47.6 Å². The Labute approximate surface area is 269 Å². The number of amides is 1. The van der Waals surface area contributed by atoms with Gasteiger partial charge in [-0.25, -0.2) is 4.79 Å². The van der Waals surface area contributed by atoms with Crippen molar-refractivity contribution in [3.05, 3.63) is 60.2 Å². The number of aliphatic hydroxyl groups excluding tert-OH is 1. The highest BCUT2D eigenvalue weighted by atomic mass is 16.6. The van der Waals surface area contributed by atoms with Crippen molar-refractivity contribution in [2.45, 2.75) is 116 Å². The van der Waals surface area contributed by atoms with Gasteiger partial charge in [0.15, 0.2) is 0 Å². The summed E-state index contributed by atoms with van der Waals surface area (Å²) in [7, 11) is 1.14. The summed E-state index contributed by atoms with van der Waals surface area (Å²) >= 11 is 0. The third kappa shape index (κ3) is 9.84. The Bertz CT molecular complexity index is 1150. The minimum absolute atomic E-state index is 0.000854. The molecule has 0 aliphatic carbocycles. The lowest BCUT2D eigenvalue weighted by atomic mass is 9.85. The largest absolute Gasteiger partial charge is 0.456 e. The van der Waals surface area contributed by atoms with E-state index in [1.807, 2.05) is 44.2 Å². The molecule has 1 saturated heterocycles. The van der Waals surface area contributed by atoms with Crippen LogP contribution in [0.3, 0.4) is 0 Å². The van der Waals surface area contributed by atoms with Gasteiger partial charge in [-0.1, -0.05) is 82.7 Å². The smallest absolute Gasteiger partial charge is 0.329 e. The first-order chi connectivity index (χ1) is 21.5. The topological polar surface area (TPSA) is 113 Å². The summed E-state index contributed by atoms with van der Waals surface area (Å²) in [5.41, 5.74) is 1.14. The van der Waals surface area contributed by atoms with Crippen LogP contribution < -0.4 is 0 Å². The van der Waals surface area contributed by atoms with Gasteiger partial charge in [-0.2, -0.15) is 0 Å². The Morgan fingerprint density at radius 2 is 1.71 bits per heavy atom. The van der Waals surface area contributed by atoms with Crippen LogP contribution in [0.5, 0.6) is 0 Å². The molecule has 3 rings (SSSR count). The van der Waals surface area contributed by atoms with Gasteiger partial charge in [-0.15, -0.1) is 0 Å². The summed E-state index contributed by atoms with van der Waals surface area (Å²) < 4.78 is 11.4. The molecule has 1 amide bonds. The number of ketones is 1. The number of methoxy groups -OCH3 is 1. The van der Waals surface area contributed by atoms with Crippen molar-refractivity contribution >= 4 is 17.7 Å². The zero-order valence-corrected chi connectivity index (χ0v) is 27.9. The highest BCUT2D eigenvalue weighted by Gasteiger charge is 2.51. The monoisotopic (exact) mass is 625 g/mol. The molecule has 8 heteroatoms. The minimum atomic E-state index is -2.70. The van der Waals surface area contributed by atoms with E-state index in [0.29, 0.717) is 51.4 Å². The molecule has 2 aliphatic heterocycles. The molecule has 1 unspecified atom stereocenters. The van der Waals surface area contributed by atoms with Crippen LogP contribution in [0.4, 0.5) is 0 Å². The number of aliphatic hydroxyl groups is 2. The number of nitrogens with zero attached hydrogens (tertiary/aromatic N) is 1. The van der Waals surface area contributed by atoms with Gasteiger partial charge in [0.05, 0.1) is 6.10 Å². The first-order valence-electron chi connectivity index (χ1n) is 16.9. The zero-order chi connectivity index (χ0) is 33.0. The molecule has 0 radical (unpaired) electrons. The molecule has 8 nitrogen and oxygen atoms in total. The molecular formula is C37H55NO7. The predicted octanol–water partition coefficient (Wildman–Crippen LogP) is 5.80. The number of hydrogen-bond donors (Lipinski definition) is 2. The SMILES string of the molecule is CC[C@H](Cc1ccccc1)[C@@H]1/C=C/C/C=C/C[C@@H](C)[C@H](O)[C@@H](C)CCC[C@@H](C)C(=O)C(O)(OC)C(=O)N2CCCC[C@H]2C(=O)O1. The number of rotatable bonds is 5. The predicted molar refractivity (Wildman–Crippen MR) is 175 cm³/mol. The number of carbonyl (C=O) groups is 3. The Balaban J connectivity index is 1.95. The number of Topliss-reactive ketones (excluding diaryl/α,β-unsaturated/α-hetero) is 1. The van der Waals surface area contributed by atoms with Crippen LogP contribution >= 0.6 is 0 Å². The van der Waals surface area contributed by atoms with Crippen molar-refractivity contribution in [3.8, 4) is 0 Å². The first-order valence-corrected chi connectivity index (χ1v) is 16.9. The van der Waals surface area contributed by atoms with Crippen molar-refractivity contribution in [1.82, 2.24) is 4.90 Å². The molecule has 0 saturated carbocycles. The van der Waals surface area contributed by atoms with E-state index in [2.05, 4.69) is 31.2 Å². The van der Waals surface area contributed by atoms with Crippen LogP contribution in [-0.4, -0.2) is 70.5 Å². The van der Waals surface area contributed by atoms with Crippen molar-refractivity contribution in [2.75, 3.05) is 13.7 Å². The van der Waals surface area contributed by atoms with Crippen LogP contribution in [0, 0.1) is 23.7 Å². The number of carbonyl (C=O) groups excluding carboxylic acids is 3. The van der Waals surface area contributed by atoms with E-state index in [1.54, 1.807) is 6.92 Å². The number of esters is 1. The minimum Gasteiger partial charge on any atom is -0.456 e. The van der Waals surface area contributed by atoms with Gasteiger partial charge in [0.25, 0.3) is 5.91 Å². The number of fused-ring (bicyclic) bond motifs is 1. The highest BCUT2D eigenvalue weighted by Crippen LogP contribution is 2.29. The Morgan fingerprint density at radius 3 is 2.40 bits per heavy atom. The molecular weight excluding hydrogens is 570 g/mol. The fourth-order valence-electron chi connectivity index (χ4n) is 6.60. The molecule has 1 aromatic rings. The van der Waals surface area contributed by atoms with Crippen molar-refractivity contribution in [3.63, 3.8) is 0 Å². The Kier molecular flexibility index (Phi) is 14.5. The Hall–Kier alpha value is -2.81. The molecule has 2 aliphatic rings. The third-order valence-corrected chi connectivity index (χ3v) is 9.72. The second-order valence-corrected chi connectivity index (χ2v) is 13.1. The average molecular weight is 626 g/mol. The summed E-state index contributed by atoms with van der Waals surface area (Å²) in [4.78, 5) is 42.5. The number of ether oxygens (including phenoxy) is 2. The summed E-state index contributed by atoms with van der Waals surface area (Å²) in [5.74, 6) is -5.45. The van der Waals surface area contributed by atoms with Crippen LogP contribution in [0.2, 0.25) is 0 Å². The van der Waals surface area contributed by atoms with Gasteiger partial charge >= 0.3 is 11.8 Å². The van der Waals surface area contributed by atoms with Gasteiger partial charge in [0, 0.05) is 25.5 Å². The fraction of sp³-hybridized carbons (Fsp3) is 0.649. The summed E-state index contributed by atoms with van der Waals surface area (Å²) in [6, 6.07) is 9.15. The quantitative estimate of drug-likeness (QED) is 0.184. The molecule has 1 aromatic carbocycles. The maximum Gasteiger partial charge on any atom is 0.329 e. The van der Waals surface area contributed by atoms with Gasteiger partial charge in [-0.3, -0.25) is 9.59 Å². The molecule has 2 N–H and O–H groups in total.